The average molecular weight is 230 g/mol. The Morgan fingerprint density at radius 1 is 1.36 bits per heavy atom. The molecule has 0 radical (unpaired) electrons. The molecule has 2 aromatic rings. The minimum atomic E-state index is 0. The molecule has 1 heterocycles. The number of aromatic amines is 1. The lowest BCUT2D eigenvalue weighted by atomic mass is 10.3. The van der Waals surface area contributed by atoms with E-state index in [1.54, 1.807) is 11.8 Å². The Labute approximate surface area is 92.9 Å². The first-order valence-electron chi connectivity index (χ1n) is 4.18. The Morgan fingerprint density at radius 2 is 2.14 bits per heavy atom. The maximum absolute atomic E-state index is 5.41. The van der Waals surface area contributed by atoms with E-state index in [0.29, 0.717) is 6.54 Å². The number of nitrogens with one attached hydrogen (secondary N) is 1. The van der Waals surface area contributed by atoms with Gasteiger partial charge in [-0.2, -0.15) is 0 Å². The lowest BCUT2D eigenvalue weighted by molar-refractivity contribution is 1.07. The van der Waals surface area contributed by atoms with Gasteiger partial charge in [-0.1, -0.05) is 23.9 Å². The fourth-order valence-corrected chi connectivity index (χ4v) is 1.81. The third kappa shape index (κ3) is 2.41. The maximum atomic E-state index is 5.41. The molecule has 3 N–H and O–H groups in total. The highest BCUT2D eigenvalue weighted by atomic mass is 35.5. The van der Waals surface area contributed by atoms with Gasteiger partial charge in [0, 0.05) is 12.3 Å². The molecule has 2 rings (SSSR count). The Hall–Kier alpha value is -0.710. The molecule has 0 saturated heterocycles. The molecular weight excluding hydrogens is 218 g/mol. The number of hydrogen-bond donors (Lipinski definition) is 2. The van der Waals surface area contributed by atoms with Crippen molar-refractivity contribution in [2.75, 3.05) is 12.3 Å². The Balaban J connectivity index is 0.000000980. The summed E-state index contributed by atoms with van der Waals surface area (Å²) in [7, 11) is 0. The molecule has 0 aliphatic carbocycles. The zero-order valence-electron chi connectivity index (χ0n) is 7.56. The molecule has 76 valence electrons. The van der Waals surface area contributed by atoms with Crippen molar-refractivity contribution in [3.8, 4) is 0 Å². The molecule has 0 amide bonds. The van der Waals surface area contributed by atoms with Gasteiger partial charge in [-0.05, 0) is 12.1 Å². The number of fused-ring (bicyclic) bond motifs is 1. The molecule has 0 aliphatic rings. The first-order chi connectivity index (χ1) is 6.40. The summed E-state index contributed by atoms with van der Waals surface area (Å²) in [5.41, 5.74) is 7.51. The van der Waals surface area contributed by atoms with Crippen LogP contribution in [0.1, 0.15) is 0 Å². The van der Waals surface area contributed by atoms with E-state index in [1.807, 2.05) is 24.3 Å². The van der Waals surface area contributed by atoms with Gasteiger partial charge in [0.1, 0.15) is 0 Å². The zero-order valence-corrected chi connectivity index (χ0v) is 9.20. The number of benzene rings is 1. The summed E-state index contributed by atoms with van der Waals surface area (Å²) < 4.78 is 0. The third-order valence-corrected chi connectivity index (χ3v) is 2.63. The van der Waals surface area contributed by atoms with Crippen LogP contribution in [0.5, 0.6) is 0 Å². The van der Waals surface area contributed by atoms with Crippen molar-refractivity contribution in [1.82, 2.24) is 9.97 Å². The molecule has 14 heavy (non-hydrogen) atoms. The van der Waals surface area contributed by atoms with E-state index in [1.165, 1.54) is 0 Å². The minimum Gasteiger partial charge on any atom is -0.333 e. The van der Waals surface area contributed by atoms with Gasteiger partial charge in [0.15, 0.2) is 5.16 Å². The molecule has 0 atom stereocenters. The summed E-state index contributed by atoms with van der Waals surface area (Å²) in [6, 6.07) is 8.01. The van der Waals surface area contributed by atoms with Crippen molar-refractivity contribution >= 4 is 35.2 Å². The summed E-state index contributed by atoms with van der Waals surface area (Å²) in [4.78, 5) is 7.63. The van der Waals surface area contributed by atoms with Crippen LogP contribution in [-0.4, -0.2) is 22.3 Å². The SMILES string of the molecule is Cl.NCCSc1nc2ccccc2[nH]1. The standard InChI is InChI=1S/C9H11N3S.ClH/c10-5-6-13-9-11-7-3-1-2-4-8(7)12-9;/h1-4H,5-6,10H2,(H,11,12);1H. The number of halogens is 1. The lowest BCUT2D eigenvalue weighted by Crippen LogP contribution is -2.01. The second-order valence-electron chi connectivity index (χ2n) is 2.70. The predicted molar refractivity (Wildman–Crippen MR) is 63.1 cm³/mol. The van der Waals surface area contributed by atoms with Crippen molar-refractivity contribution in [2.45, 2.75) is 5.16 Å². The molecule has 0 aliphatic heterocycles. The van der Waals surface area contributed by atoms with E-state index >= 15 is 0 Å². The molecule has 1 aromatic carbocycles. The highest BCUT2D eigenvalue weighted by molar-refractivity contribution is 7.99. The van der Waals surface area contributed by atoms with Crippen molar-refractivity contribution < 1.29 is 0 Å². The number of hydrogen-bond acceptors (Lipinski definition) is 3. The second kappa shape index (κ2) is 5.24. The van der Waals surface area contributed by atoms with Crippen LogP contribution in [0.15, 0.2) is 29.4 Å². The number of aromatic nitrogens is 2. The average Bonchev–Trinajstić information content (AvgIpc) is 2.57. The van der Waals surface area contributed by atoms with Gasteiger partial charge in [-0.15, -0.1) is 12.4 Å². The van der Waals surface area contributed by atoms with Crippen molar-refractivity contribution in [3.05, 3.63) is 24.3 Å². The van der Waals surface area contributed by atoms with Crippen LogP contribution in [0.4, 0.5) is 0 Å². The highest BCUT2D eigenvalue weighted by Crippen LogP contribution is 2.18. The predicted octanol–water partition coefficient (Wildman–Crippen LogP) is 2.04. The van der Waals surface area contributed by atoms with Crippen LogP contribution in [-0.2, 0) is 0 Å². The van der Waals surface area contributed by atoms with Crippen molar-refractivity contribution in [3.63, 3.8) is 0 Å². The van der Waals surface area contributed by atoms with Gasteiger partial charge >= 0.3 is 0 Å². The monoisotopic (exact) mass is 229 g/mol. The quantitative estimate of drug-likeness (QED) is 0.792. The Kier molecular flexibility index (Phi) is 4.25. The van der Waals surface area contributed by atoms with E-state index < -0.39 is 0 Å². The van der Waals surface area contributed by atoms with E-state index in [4.69, 9.17) is 5.73 Å². The number of thioether (sulfide) groups is 1. The fraction of sp³-hybridized carbons (Fsp3) is 0.222. The zero-order chi connectivity index (χ0) is 9.10. The number of rotatable bonds is 3. The van der Waals surface area contributed by atoms with Gasteiger partial charge in [0.05, 0.1) is 11.0 Å². The van der Waals surface area contributed by atoms with Crippen LogP contribution in [0.25, 0.3) is 11.0 Å². The minimum absolute atomic E-state index is 0. The van der Waals surface area contributed by atoms with Crippen LogP contribution in [0.2, 0.25) is 0 Å². The Morgan fingerprint density at radius 3 is 2.86 bits per heavy atom. The highest BCUT2D eigenvalue weighted by Gasteiger charge is 2.00. The molecule has 5 heteroatoms. The number of nitrogens with zero attached hydrogens (tertiary/aromatic N) is 1. The summed E-state index contributed by atoms with van der Waals surface area (Å²) in [6.45, 7) is 0.682. The number of H-pyrrole nitrogens is 1. The van der Waals surface area contributed by atoms with Gasteiger partial charge < -0.3 is 10.7 Å². The number of nitrogens with two attached hydrogens (primary N) is 1. The van der Waals surface area contributed by atoms with E-state index in [0.717, 1.165) is 21.9 Å². The van der Waals surface area contributed by atoms with Gasteiger partial charge in [0.2, 0.25) is 0 Å². The molecule has 0 spiro atoms. The maximum Gasteiger partial charge on any atom is 0.166 e. The lowest BCUT2D eigenvalue weighted by Gasteiger charge is -1.90. The van der Waals surface area contributed by atoms with E-state index in [9.17, 15) is 0 Å². The summed E-state index contributed by atoms with van der Waals surface area (Å²) in [5, 5.41) is 0.951. The Bertz CT molecular complexity index is 369. The molecule has 0 bridgehead atoms. The molecule has 0 saturated carbocycles. The van der Waals surface area contributed by atoms with Crippen LogP contribution < -0.4 is 5.73 Å². The molecule has 3 nitrogen and oxygen atoms in total. The van der Waals surface area contributed by atoms with Gasteiger partial charge in [-0.3, -0.25) is 0 Å². The third-order valence-electron chi connectivity index (χ3n) is 1.72. The van der Waals surface area contributed by atoms with Crippen LogP contribution in [0, 0.1) is 0 Å². The fourth-order valence-electron chi connectivity index (χ4n) is 1.15. The van der Waals surface area contributed by atoms with Gasteiger partial charge in [0.25, 0.3) is 0 Å². The van der Waals surface area contributed by atoms with Crippen molar-refractivity contribution in [1.29, 1.82) is 0 Å². The van der Waals surface area contributed by atoms with E-state index in [2.05, 4.69) is 9.97 Å². The van der Waals surface area contributed by atoms with Gasteiger partial charge in [-0.25, -0.2) is 4.98 Å². The molecule has 0 fully saturated rings. The largest absolute Gasteiger partial charge is 0.333 e. The molecule has 1 aromatic heterocycles. The topological polar surface area (TPSA) is 54.7 Å². The smallest absolute Gasteiger partial charge is 0.166 e. The van der Waals surface area contributed by atoms with Crippen LogP contribution >= 0.6 is 24.2 Å². The van der Waals surface area contributed by atoms with Crippen molar-refractivity contribution in [2.24, 2.45) is 5.73 Å². The molecule has 0 unspecified atom stereocenters. The molecular formula is C9H12ClN3S. The first-order valence-corrected chi connectivity index (χ1v) is 5.16. The van der Waals surface area contributed by atoms with E-state index in [-0.39, 0.29) is 12.4 Å². The summed E-state index contributed by atoms with van der Waals surface area (Å²) in [5.74, 6) is 0.903. The first kappa shape index (κ1) is 11.4. The normalized spacial score (nSPS) is 10.1. The number of para-hydroxylation sites is 2. The summed E-state index contributed by atoms with van der Waals surface area (Å²) >= 11 is 1.65. The van der Waals surface area contributed by atoms with Crippen LogP contribution in [0.3, 0.4) is 0 Å². The number of imidazole rings is 1. The summed E-state index contributed by atoms with van der Waals surface area (Å²) in [6.07, 6.45) is 0. The second-order valence-corrected chi connectivity index (χ2v) is 3.78.